The molecule has 27 heavy (non-hydrogen) atoms. The highest BCUT2D eigenvalue weighted by Gasteiger charge is 2.24. The lowest BCUT2D eigenvalue weighted by Gasteiger charge is -2.13. The summed E-state index contributed by atoms with van der Waals surface area (Å²) >= 11 is 0. The summed E-state index contributed by atoms with van der Waals surface area (Å²) in [7, 11) is 0. The summed E-state index contributed by atoms with van der Waals surface area (Å²) in [6.07, 6.45) is 1.99. The molecule has 1 saturated carbocycles. The van der Waals surface area contributed by atoms with Crippen LogP contribution in [0.4, 0.5) is 5.69 Å². The van der Waals surface area contributed by atoms with Gasteiger partial charge in [0.2, 0.25) is 0 Å². The average Bonchev–Trinajstić information content (AvgIpc) is 3.33. The molecule has 0 bridgehead atoms. The Morgan fingerprint density at radius 1 is 1.07 bits per heavy atom. The second-order valence-corrected chi connectivity index (χ2v) is 6.88. The molecule has 1 aliphatic carbocycles. The number of anilines is 1. The minimum absolute atomic E-state index is 0.181. The van der Waals surface area contributed by atoms with Crippen molar-refractivity contribution in [2.45, 2.75) is 45.7 Å². The number of hydrogen-bond acceptors (Lipinski definition) is 4. The van der Waals surface area contributed by atoms with Gasteiger partial charge in [-0.3, -0.25) is 14.4 Å². The largest absolute Gasteiger partial charge is 0.464 e. The van der Waals surface area contributed by atoms with E-state index in [4.69, 9.17) is 4.42 Å². The van der Waals surface area contributed by atoms with Crippen molar-refractivity contribution >= 4 is 23.4 Å². The van der Waals surface area contributed by atoms with E-state index < -0.39 is 17.9 Å². The number of furan rings is 1. The van der Waals surface area contributed by atoms with E-state index in [1.54, 1.807) is 51.1 Å². The smallest absolute Gasteiger partial charge is 0.313 e. The molecule has 0 aliphatic heterocycles. The monoisotopic (exact) mass is 369 g/mol. The molecule has 1 fully saturated rings. The number of amides is 3. The quantitative estimate of drug-likeness (QED) is 0.705. The van der Waals surface area contributed by atoms with Gasteiger partial charge in [0, 0.05) is 17.3 Å². The minimum atomic E-state index is -0.798. The van der Waals surface area contributed by atoms with Gasteiger partial charge < -0.3 is 20.4 Å². The highest BCUT2D eigenvalue weighted by atomic mass is 16.3. The fourth-order valence-electron chi connectivity index (χ4n) is 2.59. The first-order valence-corrected chi connectivity index (χ1v) is 8.93. The molecule has 3 amide bonds. The lowest BCUT2D eigenvalue weighted by atomic mass is 10.1. The van der Waals surface area contributed by atoms with E-state index in [9.17, 15) is 14.4 Å². The second kappa shape index (κ2) is 7.65. The molecule has 1 unspecified atom stereocenters. The van der Waals surface area contributed by atoms with Gasteiger partial charge >= 0.3 is 11.8 Å². The molecule has 3 rings (SSSR count). The normalized spacial score (nSPS) is 14.3. The van der Waals surface area contributed by atoms with Gasteiger partial charge in [0.25, 0.3) is 5.91 Å². The van der Waals surface area contributed by atoms with Gasteiger partial charge in [-0.05, 0) is 63.4 Å². The molecular weight excluding hydrogens is 346 g/mol. The van der Waals surface area contributed by atoms with E-state index in [1.807, 2.05) is 0 Å². The molecule has 0 spiro atoms. The summed E-state index contributed by atoms with van der Waals surface area (Å²) in [4.78, 5) is 36.6. The second-order valence-electron chi connectivity index (χ2n) is 6.88. The van der Waals surface area contributed by atoms with Crippen LogP contribution >= 0.6 is 0 Å². The molecule has 1 aliphatic rings. The van der Waals surface area contributed by atoms with Crippen LogP contribution in [0.15, 0.2) is 34.7 Å². The first-order chi connectivity index (χ1) is 12.8. The SMILES string of the molecule is Cc1ccc(C(C)NC(=O)C(=O)Nc2cc(C(=O)NC3CC3)ccc2C)o1. The van der Waals surface area contributed by atoms with Crippen LogP contribution in [0.5, 0.6) is 0 Å². The van der Waals surface area contributed by atoms with Crippen LogP contribution in [0.1, 0.15) is 53.2 Å². The minimum Gasteiger partial charge on any atom is -0.464 e. The molecule has 7 heteroatoms. The topological polar surface area (TPSA) is 100 Å². The van der Waals surface area contributed by atoms with Crippen LogP contribution < -0.4 is 16.0 Å². The molecular formula is C20H23N3O4. The van der Waals surface area contributed by atoms with Crippen LogP contribution in [0.3, 0.4) is 0 Å². The number of nitrogens with one attached hydrogen (secondary N) is 3. The standard InChI is InChI=1S/C20H23N3O4/c1-11-4-6-14(18(24)22-15-7-8-15)10-16(11)23-20(26)19(25)21-13(3)17-9-5-12(2)27-17/h4-6,9-10,13,15H,7-8H2,1-3H3,(H,21,25)(H,22,24)(H,23,26). The molecule has 0 radical (unpaired) electrons. The van der Waals surface area contributed by atoms with Crippen LogP contribution in [-0.2, 0) is 9.59 Å². The van der Waals surface area contributed by atoms with E-state index in [0.29, 0.717) is 17.0 Å². The predicted octanol–water partition coefficient (Wildman–Crippen LogP) is 2.60. The molecule has 1 heterocycles. The van der Waals surface area contributed by atoms with E-state index in [-0.39, 0.29) is 11.9 Å². The fourth-order valence-corrected chi connectivity index (χ4v) is 2.59. The zero-order valence-corrected chi connectivity index (χ0v) is 15.6. The number of rotatable bonds is 5. The number of carbonyl (C=O) groups excluding carboxylic acids is 3. The Morgan fingerprint density at radius 3 is 2.44 bits per heavy atom. The third kappa shape index (κ3) is 4.75. The molecule has 0 saturated heterocycles. The summed E-state index contributed by atoms with van der Waals surface area (Å²) in [5, 5.41) is 8.07. The van der Waals surface area contributed by atoms with Crippen molar-refractivity contribution in [2.24, 2.45) is 0 Å². The zero-order valence-electron chi connectivity index (χ0n) is 15.6. The van der Waals surface area contributed by atoms with E-state index in [0.717, 1.165) is 24.2 Å². The summed E-state index contributed by atoms with van der Waals surface area (Å²) in [6, 6.07) is 8.37. The van der Waals surface area contributed by atoms with Crippen molar-refractivity contribution in [3.05, 3.63) is 53.0 Å². The molecule has 1 aromatic carbocycles. The van der Waals surface area contributed by atoms with Crippen molar-refractivity contribution in [3.8, 4) is 0 Å². The molecule has 1 aromatic heterocycles. The summed E-state index contributed by atoms with van der Waals surface area (Å²) < 4.78 is 5.45. The Balaban J connectivity index is 1.63. The van der Waals surface area contributed by atoms with E-state index in [2.05, 4.69) is 16.0 Å². The van der Waals surface area contributed by atoms with Crippen molar-refractivity contribution in [2.75, 3.05) is 5.32 Å². The van der Waals surface area contributed by atoms with Crippen molar-refractivity contribution in [1.82, 2.24) is 10.6 Å². The number of hydrogen-bond donors (Lipinski definition) is 3. The lowest BCUT2D eigenvalue weighted by molar-refractivity contribution is -0.136. The van der Waals surface area contributed by atoms with Gasteiger partial charge in [-0.25, -0.2) is 0 Å². The van der Waals surface area contributed by atoms with Crippen LogP contribution in [0, 0.1) is 13.8 Å². The number of benzene rings is 1. The van der Waals surface area contributed by atoms with E-state index >= 15 is 0 Å². The van der Waals surface area contributed by atoms with Crippen molar-refractivity contribution < 1.29 is 18.8 Å². The maximum absolute atomic E-state index is 12.3. The molecule has 2 aromatic rings. The van der Waals surface area contributed by atoms with Gasteiger partial charge in [-0.15, -0.1) is 0 Å². The Bertz CT molecular complexity index is 883. The number of carbonyl (C=O) groups is 3. The maximum Gasteiger partial charge on any atom is 0.313 e. The zero-order chi connectivity index (χ0) is 19.6. The third-order valence-electron chi connectivity index (χ3n) is 4.40. The lowest BCUT2D eigenvalue weighted by Crippen LogP contribution is -2.37. The Kier molecular flexibility index (Phi) is 5.30. The molecule has 3 N–H and O–H groups in total. The number of aryl methyl sites for hydroxylation is 2. The maximum atomic E-state index is 12.3. The third-order valence-corrected chi connectivity index (χ3v) is 4.40. The van der Waals surface area contributed by atoms with Gasteiger partial charge in [0.15, 0.2) is 0 Å². The van der Waals surface area contributed by atoms with Gasteiger partial charge in [-0.1, -0.05) is 6.07 Å². The Hall–Kier alpha value is -3.09. The molecule has 1 atom stereocenters. The molecule has 142 valence electrons. The van der Waals surface area contributed by atoms with Gasteiger partial charge in [0.1, 0.15) is 11.5 Å². The van der Waals surface area contributed by atoms with Crippen LogP contribution in [0.2, 0.25) is 0 Å². The summed E-state index contributed by atoms with van der Waals surface area (Å²) in [5.41, 5.74) is 1.64. The van der Waals surface area contributed by atoms with Crippen molar-refractivity contribution in [1.29, 1.82) is 0 Å². The Morgan fingerprint density at radius 2 is 1.81 bits per heavy atom. The summed E-state index contributed by atoms with van der Waals surface area (Å²) in [5.74, 6) is -0.452. The predicted molar refractivity (Wildman–Crippen MR) is 100 cm³/mol. The Labute approximate surface area is 157 Å². The first-order valence-electron chi connectivity index (χ1n) is 8.93. The summed E-state index contributed by atoms with van der Waals surface area (Å²) in [6.45, 7) is 5.34. The first kappa shape index (κ1) is 18.7. The van der Waals surface area contributed by atoms with Crippen LogP contribution in [-0.4, -0.2) is 23.8 Å². The van der Waals surface area contributed by atoms with Gasteiger partial charge in [0.05, 0.1) is 6.04 Å². The van der Waals surface area contributed by atoms with Crippen molar-refractivity contribution in [3.63, 3.8) is 0 Å². The highest BCUT2D eigenvalue weighted by molar-refractivity contribution is 6.39. The fraction of sp³-hybridized carbons (Fsp3) is 0.350. The van der Waals surface area contributed by atoms with Crippen LogP contribution in [0.25, 0.3) is 0 Å². The van der Waals surface area contributed by atoms with E-state index in [1.165, 1.54) is 0 Å². The highest BCUT2D eigenvalue weighted by Crippen LogP contribution is 2.21. The average molecular weight is 369 g/mol. The van der Waals surface area contributed by atoms with Gasteiger partial charge in [-0.2, -0.15) is 0 Å². The molecule has 7 nitrogen and oxygen atoms in total.